The molecule has 0 saturated carbocycles. The van der Waals surface area contributed by atoms with E-state index in [1.165, 1.54) is 11.3 Å². The van der Waals surface area contributed by atoms with Gasteiger partial charge < -0.3 is 9.64 Å². The van der Waals surface area contributed by atoms with Crippen molar-refractivity contribution in [2.24, 2.45) is 0 Å². The lowest BCUT2D eigenvalue weighted by Gasteiger charge is -2.32. The Labute approximate surface area is 121 Å². The second-order valence-electron chi connectivity index (χ2n) is 4.65. The van der Waals surface area contributed by atoms with Gasteiger partial charge in [-0.3, -0.25) is 9.78 Å². The Balaban J connectivity index is 1.63. The van der Waals surface area contributed by atoms with Gasteiger partial charge in [-0.25, -0.2) is 4.98 Å². The molecular weight excluding hydrogens is 274 g/mol. The molecule has 1 amide bonds. The summed E-state index contributed by atoms with van der Waals surface area (Å²) in [6.45, 7) is 1.39. The molecule has 2 aromatic rings. The molecule has 1 atom stereocenters. The number of amides is 1. The molecule has 0 unspecified atom stereocenters. The van der Waals surface area contributed by atoms with Gasteiger partial charge in [-0.05, 0) is 24.3 Å². The van der Waals surface area contributed by atoms with Crippen molar-refractivity contribution in [1.29, 1.82) is 0 Å². The van der Waals surface area contributed by atoms with Crippen molar-refractivity contribution in [2.75, 3.05) is 13.1 Å². The molecule has 2 aromatic heterocycles. The van der Waals surface area contributed by atoms with E-state index in [0.29, 0.717) is 12.4 Å². The van der Waals surface area contributed by atoms with Crippen LogP contribution in [0.3, 0.4) is 0 Å². The van der Waals surface area contributed by atoms with E-state index in [-0.39, 0.29) is 12.0 Å². The molecule has 1 fully saturated rings. The number of rotatable bonds is 3. The number of ether oxygens (including phenoxy) is 1. The lowest BCUT2D eigenvalue weighted by molar-refractivity contribution is 0.0531. The minimum absolute atomic E-state index is 0.00985. The molecule has 0 aliphatic carbocycles. The minimum Gasteiger partial charge on any atom is -0.471 e. The number of carbonyl (C=O) groups excluding carboxylic acids is 1. The SMILES string of the molecule is O=C(c1cccs1)N1CCC[C@H](Oc2cnccn2)C1. The fourth-order valence-electron chi connectivity index (χ4n) is 2.29. The van der Waals surface area contributed by atoms with Gasteiger partial charge in [0.1, 0.15) is 6.10 Å². The summed E-state index contributed by atoms with van der Waals surface area (Å²) >= 11 is 1.48. The third-order valence-corrected chi connectivity index (χ3v) is 4.08. The lowest BCUT2D eigenvalue weighted by atomic mass is 10.1. The van der Waals surface area contributed by atoms with Gasteiger partial charge in [0.25, 0.3) is 5.91 Å². The van der Waals surface area contributed by atoms with Crippen LogP contribution in [0, 0.1) is 0 Å². The van der Waals surface area contributed by atoms with E-state index in [1.807, 2.05) is 22.4 Å². The maximum Gasteiger partial charge on any atom is 0.264 e. The molecule has 1 saturated heterocycles. The number of thiophene rings is 1. The predicted octanol–water partition coefficient (Wildman–Crippen LogP) is 2.22. The van der Waals surface area contributed by atoms with Crippen LogP contribution in [0.15, 0.2) is 36.1 Å². The van der Waals surface area contributed by atoms with Crippen LogP contribution in [-0.2, 0) is 0 Å². The summed E-state index contributed by atoms with van der Waals surface area (Å²) < 4.78 is 5.79. The molecule has 3 heterocycles. The fraction of sp³-hybridized carbons (Fsp3) is 0.357. The quantitative estimate of drug-likeness (QED) is 0.869. The largest absolute Gasteiger partial charge is 0.471 e. The van der Waals surface area contributed by atoms with Gasteiger partial charge in [0, 0.05) is 18.9 Å². The molecular formula is C14H15N3O2S. The maximum absolute atomic E-state index is 12.3. The molecule has 3 rings (SSSR count). The van der Waals surface area contributed by atoms with Crippen LogP contribution < -0.4 is 4.74 Å². The predicted molar refractivity (Wildman–Crippen MR) is 75.9 cm³/mol. The summed E-state index contributed by atoms with van der Waals surface area (Å²) in [5.74, 6) is 0.607. The second-order valence-corrected chi connectivity index (χ2v) is 5.60. The fourth-order valence-corrected chi connectivity index (χ4v) is 2.98. The highest BCUT2D eigenvalue weighted by molar-refractivity contribution is 7.12. The topological polar surface area (TPSA) is 55.3 Å². The lowest BCUT2D eigenvalue weighted by Crippen LogP contribution is -2.44. The number of hydrogen-bond acceptors (Lipinski definition) is 5. The summed E-state index contributed by atoms with van der Waals surface area (Å²) in [5.41, 5.74) is 0. The number of hydrogen-bond donors (Lipinski definition) is 0. The number of carbonyl (C=O) groups is 1. The van der Waals surface area contributed by atoms with Gasteiger partial charge in [-0.15, -0.1) is 11.3 Å². The van der Waals surface area contributed by atoms with E-state index in [4.69, 9.17) is 4.74 Å². The Morgan fingerprint density at radius 2 is 2.40 bits per heavy atom. The first-order valence-corrected chi connectivity index (χ1v) is 7.46. The van der Waals surface area contributed by atoms with Crippen molar-refractivity contribution < 1.29 is 9.53 Å². The van der Waals surface area contributed by atoms with Gasteiger partial charge in [0.15, 0.2) is 0 Å². The standard InChI is InChI=1S/C14H15N3O2S/c18-14(12-4-2-8-20-12)17-7-1-3-11(10-17)19-13-9-15-5-6-16-13/h2,4-6,8-9,11H,1,3,7,10H2/t11-/m0/s1. The van der Waals surface area contributed by atoms with Crippen molar-refractivity contribution in [1.82, 2.24) is 14.9 Å². The van der Waals surface area contributed by atoms with E-state index >= 15 is 0 Å². The van der Waals surface area contributed by atoms with Crippen LogP contribution in [0.1, 0.15) is 22.5 Å². The molecule has 5 nitrogen and oxygen atoms in total. The van der Waals surface area contributed by atoms with Gasteiger partial charge in [0.2, 0.25) is 5.88 Å². The van der Waals surface area contributed by atoms with Crippen LogP contribution in [0.4, 0.5) is 0 Å². The van der Waals surface area contributed by atoms with E-state index in [0.717, 1.165) is 24.3 Å². The van der Waals surface area contributed by atoms with E-state index in [9.17, 15) is 4.79 Å². The molecule has 20 heavy (non-hydrogen) atoms. The third-order valence-electron chi connectivity index (χ3n) is 3.22. The first kappa shape index (κ1) is 13.1. The zero-order chi connectivity index (χ0) is 13.8. The highest BCUT2D eigenvalue weighted by Crippen LogP contribution is 2.19. The summed E-state index contributed by atoms with van der Waals surface area (Å²) in [5, 5.41) is 1.92. The monoisotopic (exact) mass is 289 g/mol. The second kappa shape index (κ2) is 6.00. The van der Waals surface area contributed by atoms with Crippen molar-refractivity contribution in [2.45, 2.75) is 18.9 Å². The average Bonchev–Trinajstić information content (AvgIpc) is 3.02. The molecule has 1 aliphatic rings. The minimum atomic E-state index is -0.00985. The number of aromatic nitrogens is 2. The van der Waals surface area contributed by atoms with Crippen LogP contribution in [0.25, 0.3) is 0 Å². The zero-order valence-electron chi connectivity index (χ0n) is 10.9. The molecule has 0 spiro atoms. The number of piperidine rings is 1. The molecule has 6 heteroatoms. The van der Waals surface area contributed by atoms with Crippen LogP contribution >= 0.6 is 11.3 Å². The molecule has 0 N–H and O–H groups in total. The molecule has 0 bridgehead atoms. The van der Waals surface area contributed by atoms with Crippen molar-refractivity contribution in [3.63, 3.8) is 0 Å². The first-order valence-electron chi connectivity index (χ1n) is 6.58. The maximum atomic E-state index is 12.3. The molecule has 0 radical (unpaired) electrons. The highest BCUT2D eigenvalue weighted by Gasteiger charge is 2.26. The van der Waals surface area contributed by atoms with Gasteiger partial charge in [-0.2, -0.15) is 0 Å². The number of likely N-dealkylation sites (tertiary alicyclic amines) is 1. The molecule has 1 aliphatic heterocycles. The average molecular weight is 289 g/mol. The summed E-state index contributed by atoms with van der Waals surface area (Å²) in [6.07, 6.45) is 6.68. The van der Waals surface area contributed by atoms with Crippen LogP contribution in [-0.4, -0.2) is 40.0 Å². The van der Waals surface area contributed by atoms with Crippen LogP contribution in [0.2, 0.25) is 0 Å². The van der Waals surface area contributed by atoms with E-state index < -0.39 is 0 Å². The van der Waals surface area contributed by atoms with Gasteiger partial charge >= 0.3 is 0 Å². The molecule has 104 valence electrons. The van der Waals surface area contributed by atoms with Crippen molar-refractivity contribution in [3.05, 3.63) is 41.0 Å². The third kappa shape index (κ3) is 2.96. The summed E-state index contributed by atoms with van der Waals surface area (Å²) in [7, 11) is 0. The highest BCUT2D eigenvalue weighted by atomic mass is 32.1. The van der Waals surface area contributed by atoms with Crippen molar-refractivity contribution in [3.8, 4) is 5.88 Å². The zero-order valence-corrected chi connectivity index (χ0v) is 11.8. The Bertz CT molecular complexity index is 559. The Morgan fingerprint density at radius 1 is 1.45 bits per heavy atom. The van der Waals surface area contributed by atoms with Gasteiger partial charge in [0.05, 0.1) is 17.6 Å². The molecule has 0 aromatic carbocycles. The Kier molecular flexibility index (Phi) is 3.92. The van der Waals surface area contributed by atoms with Gasteiger partial charge in [-0.1, -0.05) is 6.07 Å². The number of nitrogens with zero attached hydrogens (tertiary/aromatic N) is 3. The van der Waals surface area contributed by atoms with Crippen molar-refractivity contribution >= 4 is 17.2 Å². The normalized spacial score (nSPS) is 18.8. The first-order chi connectivity index (χ1) is 9.83. The van der Waals surface area contributed by atoms with E-state index in [2.05, 4.69) is 9.97 Å². The Hall–Kier alpha value is -1.95. The van der Waals surface area contributed by atoms with Crippen LogP contribution in [0.5, 0.6) is 5.88 Å². The smallest absolute Gasteiger partial charge is 0.264 e. The summed E-state index contributed by atoms with van der Waals surface area (Å²) in [6, 6.07) is 3.76. The Morgan fingerprint density at radius 3 is 3.15 bits per heavy atom. The van der Waals surface area contributed by atoms with E-state index in [1.54, 1.807) is 18.6 Å². The summed E-state index contributed by atoms with van der Waals surface area (Å²) in [4.78, 5) is 23.0.